The van der Waals surface area contributed by atoms with Crippen LogP contribution in [0.15, 0.2) is 18.3 Å². The van der Waals surface area contributed by atoms with Crippen LogP contribution in [0.25, 0.3) is 5.65 Å². The van der Waals surface area contributed by atoms with Gasteiger partial charge in [-0.3, -0.25) is 9.69 Å². The number of rotatable bonds is 4. The van der Waals surface area contributed by atoms with Gasteiger partial charge in [0, 0.05) is 19.3 Å². The monoisotopic (exact) mass is 301 g/mol. The highest BCUT2D eigenvalue weighted by Gasteiger charge is 2.21. The van der Waals surface area contributed by atoms with Gasteiger partial charge >= 0.3 is 5.97 Å². The van der Waals surface area contributed by atoms with Crippen molar-refractivity contribution >= 4 is 11.6 Å². The van der Waals surface area contributed by atoms with Crippen molar-refractivity contribution in [2.75, 3.05) is 13.1 Å². The van der Waals surface area contributed by atoms with Crippen LogP contribution in [-0.2, 0) is 17.8 Å². The second-order valence-corrected chi connectivity index (χ2v) is 6.49. The van der Waals surface area contributed by atoms with Crippen LogP contribution in [0.1, 0.15) is 36.7 Å². The molecule has 1 saturated heterocycles. The number of carboxylic acid groups (broad SMARTS) is 1. The highest BCUT2D eigenvalue weighted by Crippen LogP contribution is 2.21. The van der Waals surface area contributed by atoms with Gasteiger partial charge in [-0.25, -0.2) is 4.98 Å². The molecule has 0 spiro atoms. The van der Waals surface area contributed by atoms with Crippen molar-refractivity contribution in [3.8, 4) is 0 Å². The van der Waals surface area contributed by atoms with E-state index in [2.05, 4.69) is 16.8 Å². The fourth-order valence-electron chi connectivity index (χ4n) is 3.34. The van der Waals surface area contributed by atoms with Crippen LogP contribution < -0.4 is 0 Å². The zero-order chi connectivity index (χ0) is 15.7. The van der Waals surface area contributed by atoms with Crippen molar-refractivity contribution in [2.24, 2.45) is 5.92 Å². The summed E-state index contributed by atoms with van der Waals surface area (Å²) in [5, 5.41) is 9.16. The topological polar surface area (TPSA) is 57.8 Å². The Morgan fingerprint density at radius 3 is 3.05 bits per heavy atom. The lowest BCUT2D eigenvalue weighted by atomic mass is 10.00. The van der Waals surface area contributed by atoms with Gasteiger partial charge in [-0.1, -0.05) is 6.92 Å². The Hall–Kier alpha value is -1.88. The number of imidazole rings is 1. The summed E-state index contributed by atoms with van der Waals surface area (Å²) in [5.74, 6) is -0.119. The molecular weight excluding hydrogens is 278 g/mol. The summed E-state index contributed by atoms with van der Waals surface area (Å²) >= 11 is 0. The molecule has 118 valence electrons. The zero-order valence-corrected chi connectivity index (χ0v) is 13.2. The van der Waals surface area contributed by atoms with Crippen LogP contribution in [0, 0.1) is 12.8 Å². The van der Waals surface area contributed by atoms with Crippen LogP contribution in [0.4, 0.5) is 0 Å². The molecule has 1 aliphatic heterocycles. The maximum atomic E-state index is 11.1. The largest absolute Gasteiger partial charge is 0.481 e. The van der Waals surface area contributed by atoms with Crippen LogP contribution in [-0.4, -0.2) is 38.4 Å². The number of pyridine rings is 1. The van der Waals surface area contributed by atoms with Gasteiger partial charge in [0.25, 0.3) is 0 Å². The molecule has 5 heteroatoms. The van der Waals surface area contributed by atoms with Gasteiger partial charge < -0.3 is 9.51 Å². The van der Waals surface area contributed by atoms with E-state index in [1.54, 1.807) is 0 Å². The number of aryl methyl sites for hydroxylation is 1. The smallest absolute Gasteiger partial charge is 0.309 e. The Morgan fingerprint density at radius 1 is 1.50 bits per heavy atom. The molecule has 5 nitrogen and oxygen atoms in total. The first kappa shape index (κ1) is 15.0. The van der Waals surface area contributed by atoms with E-state index in [-0.39, 0.29) is 6.42 Å². The van der Waals surface area contributed by atoms with Crippen LogP contribution in [0.5, 0.6) is 0 Å². The van der Waals surface area contributed by atoms with Crippen molar-refractivity contribution in [1.82, 2.24) is 14.3 Å². The van der Waals surface area contributed by atoms with Crippen molar-refractivity contribution in [3.63, 3.8) is 0 Å². The quantitative estimate of drug-likeness (QED) is 0.942. The first-order valence-electron chi connectivity index (χ1n) is 7.93. The maximum absolute atomic E-state index is 11.1. The summed E-state index contributed by atoms with van der Waals surface area (Å²) in [7, 11) is 0. The van der Waals surface area contributed by atoms with Crippen LogP contribution in [0.3, 0.4) is 0 Å². The molecule has 1 aliphatic rings. The van der Waals surface area contributed by atoms with Gasteiger partial charge in [0.2, 0.25) is 0 Å². The van der Waals surface area contributed by atoms with Crippen molar-refractivity contribution in [1.29, 1.82) is 0 Å². The highest BCUT2D eigenvalue weighted by molar-refractivity contribution is 5.70. The predicted octanol–water partition coefficient (Wildman–Crippen LogP) is 2.50. The van der Waals surface area contributed by atoms with Crippen LogP contribution in [0.2, 0.25) is 0 Å². The molecule has 2 aromatic heterocycles. The molecule has 0 aromatic carbocycles. The standard InChI is InChI=1S/C17H23N3O2/c1-12-5-7-20-15(11-19-6-3-4-13(2)10-19)14(9-17(21)22)18-16(20)8-12/h5,7-8,13H,3-4,6,9-11H2,1-2H3,(H,21,22). The molecule has 2 aromatic rings. The molecule has 3 rings (SSSR count). The number of aliphatic carboxylic acids is 1. The van der Waals surface area contributed by atoms with E-state index in [1.807, 2.05) is 29.7 Å². The molecule has 0 aliphatic carbocycles. The average Bonchev–Trinajstić information content (AvgIpc) is 2.75. The summed E-state index contributed by atoms with van der Waals surface area (Å²) in [4.78, 5) is 18.1. The maximum Gasteiger partial charge on any atom is 0.309 e. The third-order valence-electron chi connectivity index (χ3n) is 4.40. The van der Waals surface area contributed by atoms with Crippen molar-refractivity contribution in [2.45, 2.75) is 39.7 Å². The Balaban J connectivity index is 1.95. The molecule has 0 amide bonds. The average molecular weight is 301 g/mol. The Morgan fingerprint density at radius 2 is 2.32 bits per heavy atom. The molecule has 0 radical (unpaired) electrons. The van der Waals surface area contributed by atoms with E-state index in [4.69, 9.17) is 5.11 Å². The number of hydrogen-bond acceptors (Lipinski definition) is 3. The minimum Gasteiger partial charge on any atom is -0.481 e. The second kappa shape index (κ2) is 6.08. The molecular formula is C17H23N3O2. The number of aromatic nitrogens is 2. The van der Waals surface area contributed by atoms with Crippen molar-refractivity contribution < 1.29 is 9.90 Å². The molecule has 22 heavy (non-hydrogen) atoms. The first-order chi connectivity index (χ1) is 10.5. The summed E-state index contributed by atoms with van der Waals surface area (Å²) in [6.45, 7) is 7.23. The van der Waals surface area contributed by atoms with Crippen LogP contribution >= 0.6 is 0 Å². The number of likely N-dealkylation sites (tertiary alicyclic amines) is 1. The van der Waals surface area contributed by atoms with Gasteiger partial charge in [-0.2, -0.15) is 0 Å². The lowest BCUT2D eigenvalue weighted by Gasteiger charge is -2.30. The molecule has 0 bridgehead atoms. The van der Waals surface area contributed by atoms with E-state index in [0.717, 1.165) is 36.5 Å². The molecule has 3 heterocycles. The van der Waals surface area contributed by atoms with Gasteiger partial charge in [0.15, 0.2) is 0 Å². The third kappa shape index (κ3) is 3.14. The summed E-state index contributed by atoms with van der Waals surface area (Å²) in [6.07, 6.45) is 4.49. The number of hydrogen-bond donors (Lipinski definition) is 1. The van der Waals surface area contributed by atoms with E-state index >= 15 is 0 Å². The number of piperidine rings is 1. The molecule has 1 unspecified atom stereocenters. The van der Waals surface area contributed by atoms with Gasteiger partial charge in [0.05, 0.1) is 17.8 Å². The Kier molecular flexibility index (Phi) is 4.16. The summed E-state index contributed by atoms with van der Waals surface area (Å²) in [5.41, 5.74) is 3.69. The number of carboxylic acids is 1. The molecule has 1 fully saturated rings. The second-order valence-electron chi connectivity index (χ2n) is 6.49. The highest BCUT2D eigenvalue weighted by atomic mass is 16.4. The predicted molar refractivity (Wildman–Crippen MR) is 84.9 cm³/mol. The fourth-order valence-corrected chi connectivity index (χ4v) is 3.34. The SMILES string of the molecule is Cc1ccn2c(CN3CCCC(C)C3)c(CC(=O)O)nc2c1. The lowest BCUT2D eigenvalue weighted by Crippen LogP contribution is -2.34. The summed E-state index contributed by atoms with van der Waals surface area (Å²) in [6, 6.07) is 4.05. The zero-order valence-electron chi connectivity index (χ0n) is 13.2. The minimum atomic E-state index is -0.826. The minimum absolute atomic E-state index is 0.0144. The van der Waals surface area contributed by atoms with Crippen molar-refractivity contribution in [3.05, 3.63) is 35.3 Å². The fraction of sp³-hybridized carbons (Fsp3) is 0.529. The number of fused-ring (bicyclic) bond motifs is 1. The molecule has 1 atom stereocenters. The summed E-state index contributed by atoms with van der Waals surface area (Å²) < 4.78 is 2.05. The van der Waals surface area contributed by atoms with E-state index in [1.165, 1.54) is 12.8 Å². The number of carbonyl (C=O) groups is 1. The molecule has 1 N–H and O–H groups in total. The van der Waals surface area contributed by atoms with Gasteiger partial charge in [-0.15, -0.1) is 0 Å². The normalized spacial score (nSPS) is 19.6. The van der Waals surface area contributed by atoms with Gasteiger partial charge in [-0.05, 0) is 49.9 Å². The Labute approximate surface area is 130 Å². The molecule has 0 saturated carbocycles. The number of nitrogens with zero attached hydrogens (tertiary/aromatic N) is 3. The van der Waals surface area contributed by atoms with E-state index in [0.29, 0.717) is 11.6 Å². The third-order valence-corrected chi connectivity index (χ3v) is 4.40. The Bertz CT molecular complexity index is 693. The van der Waals surface area contributed by atoms with E-state index < -0.39 is 5.97 Å². The van der Waals surface area contributed by atoms with Gasteiger partial charge in [0.1, 0.15) is 5.65 Å². The lowest BCUT2D eigenvalue weighted by molar-refractivity contribution is -0.136. The van der Waals surface area contributed by atoms with E-state index in [9.17, 15) is 4.79 Å². The first-order valence-corrected chi connectivity index (χ1v) is 7.93.